The first-order valence-electron chi connectivity index (χ1n) is 8.68. The van der Waals surface area contributed by atoms with Gasteiger partial charge in [0.15, 0.2) is 18.2 Å². The molecule has 6 heteroatoms. The van der Waals surface area contributed by atoms with Gasteiger partial charge in [0.1, 0.15) is 5.75 Å². The van der Waals surface area contributed by atoms with Crippen LogP contribution in [-0.2, 0) is 4.79 Å². The molecule has 25 heavy (non-hydrogen) atoms. The highest BCUT2D eigenvalue weighted by Gasteiger charge is 2.17. The highest BCUT2D eigenvalue weighted by molar-refractivity contribution is 5.90. The summed E-state index contributed by atoms with van der Waals surface area (Å²) < 4.78 is 5.46. The molecule has 0 atom stereocenters. The van der Waals surface area contributed by atoms with Crippen LogP contribution in [0.1, 0.15) is 25.3 Å². The number of aryl methyl sites for hydroxylation is 1. The van der Waals surface area contributed by atoms with Gasteiger partial charge in [-0.2, -0.15) is 0 Å². The molecule has 0 spiro atoms. The van der Waals surface area contributed by atoms with Crippen LogP contribution < -0.4 is 15.0 Å². The number of nitrogens with zero attached hydrogens (tertiary/aromatic N) is 3. The summed E-state index contributed by atoms with van der Waals surface area (Å²) in [5.41, 5.74) is 1.15. The van der Waals surface area contributed by atoms with Gasteiger partial charge in [0.05, 0.1) is 0 Å². The van der Waals surface area contributed by atoms with Crippen molar-refractivity contribution in [1.29, 1.82) is 0 Å². The largest absolute Gasteiger partial charge is 0.484 e. The molecule has 6 nitrogen and oxygen atoms in total. The van der Waals surface area contributed by atoms with E-state index in [-0.39, 0.29) is 12.5 Å². The van der Waals surface area contributed by atoms with Gasteiger partial charge in [-0.15, -0.1) is 10.2 Å². The van der Waals surface area contributed by atoms with Crippen LogP contribution in [0.15, 0.2) is 36.4 Å². The van der Waals surface area contributed by atoms with Gasteiger partial charge in [-0.1, -0.05) is 24.6 Å². The lowest BCUT2D eigenvalue weighted by molar-refractivity contribution is -0.118. The third kappa shape index (κ3) is 4.92. The van der Waals surface area contributed by atoms with Crippen LogP contribution in [0.4, 0.5) is 11.6 Å². The molecule has 2 aromatic rings. The maximum absolute atomic E-state index is 12.0. The second-order valence-electron chi connectivity index (χ2n) is 6.60. The Morgan fingerprint density at radius 3 is 2.52 bits per heavy atom. The average Bonchev–Trinajstić information content (AvgIpc) is 2.63. The zero-order valence-electron chi connectivity index (χ0n) is 14.7. The van der Waals surface area contributed by atoms with Crippen LogP contribution in [-0.4, -0.2) is 35.8 Å². The second kappa shape index (κ2) is 7.96. The molecule has 1 aromatic carbocycles. The maximum atomic E-state index is 12.0. The van der Waals surface area contributed by atoms with E-state index >= 15 is 0 Å². The molecule has 1 N–H and O–H groups in total. The zero-order chi connectivity index (χ0) is 17.6. The Labute approximate surface area is 148 Å². The normalized spacial score (nSPS) is 15.0. The first-order chi connectivity index (χ1) is 12.1. The first kappa shape index (κ1) is 17.2. The van der Waals surface area contributed by atoms with E-state index in [0.29, 0.717) is 11.6 Å². The Morgan fingerprint density at radius 1 is 1.16 bits per heavy atom. The minimum atomic E-state index is -0.255. The number of anilines is 2. The van der Waals surface area contributed by atoms with Crippen LogP contribution in [0.3, 0.4) is 0 Å². The van der Waals surface area contributed by atoms with Gasteiger partial charge in [0.25, 0.3) is 5.91 Å². The predicted octanol–water partition coefficient (Wildman–Crippen LogP) is 3.04. The molecule has 1 aromatic heterocycles. The third-order valence-corrected chi connectivity index (χ3v) is 4.42. The van der Waals surface area contributed by atoms with Crippen LogP contribution in [0.25, 0.3) is 0 Å². The van der Waals surface area contributed by atoms with E-state index in [0.717, 1.165) is 30.4 Å². The number of hydrogen-bond donors (Lipinski definition) is 1. The van der Waals surface area contributed by atoms with Gasteiger partial charge in [0.2, 0.25) is 0 Å². The monoisotopic (exact) mass is 340 g/mol. The molecular formula is C19H24N4O2. The fraction of sp³-hybridized carbons (Fsp3) is 0.421. The third-order valence-electron chi connectivity index (χ3n) is 4.42. The SMILES string of the molecule is Cc1ccc(OCC(=O)Nc2ccc(N3CCC(C)CC3)nn2)cc1. The van der Waals surface area contributed by atoms with E-state index in [2.05, 4.69) is 27.3 Å². The lowest BCUT2D eigenvalue weighted by atomic mass is 9.99. The molecule has 132 valence electrons. The molecule has 1 fully saturated rings. The van der Waals surface area contributed by atoms with Gasteiger partial charge >= 0.3 is 0 Å². The van der Waals surface area contributed by atoms with Gasteiger partial charge in [-0.05, 0) is 49.9 Å². The molecule has 0 radical (unpaired) electrons. The van der Waals surface area contributed by atoms with E-state index in [9.17, 15) is 4.79 Å². The van der Waals surface area contributed by atoms with Crippen molar-refractivity contribution >= 4 is 17.5 Å². The van der Waals surface area contributed by atoms with Crippen LogP contribution in [0.5, 0.6) is 5.75 Å². The Hall–Kier alpha value is -2.63. The lowest BCUT2D eigenvalue weighted by Gasteiger charge is -2.30. The smallest absolute Gasteiger partial charge is 0.263 e. The summed E-state index contributed by atoms with van der Waals surface area (Å²) in [5, 5.41) is 11.0. The topological polar surface area (TPSA) is 67.3 Å². The minimum Gasteiger partial charge on any atom is -0.484 e. The molecule has 1 amide bonds. The van der Waals surface area contributed by atoms with Crippen molar-refractivity contribution in [3.05, 3.63) is 42.0 Å². The van der Waals surface area contributed by atoms with Crippen molar-refractivity contribution in [1.82, 2.24) is 10.2 Å². The molecule has 1 aliphatic rings. The minimum absolute atomic E-state index is 0.0590. The van der Waals surface area contributed by atoms with Crippen molar-refractivity contribution < 1.29 is 9.53 Å². The zero-order valence-corrected chi connectivity index (χ0v) is 14.7. The summed E-state index contributed by atoms with van der Waals surface area (Å²) >= 11 is 0. The summed E-state index contributed by atoms with van der Waals surface area (Å²) in [7, 11) is 0. The molecule has 0 aliphatic carbocycles. The van der Waals surface area contributed by atoms with Crippen LogP contribution >= 0.6 is 0 Å². The standard InChI is InChI=1S/C19H24N4O2/c1-14-3-5-16(6-4-14)25-13-19(24)20-17-7-8-18(22-21-17)23-11-9-15(2)10-12-23/h3-8,15H,9-13H2,1-2H3,(H,20,21,24). The predicted molar refractivity (Wildman–Crippen MR) is 97.9 cm³/mol. The number of amides is 1. The van der Waals surface area contributed by atoms with Gasteiger partial charge in [-0.25, -0.2) is 0 Å². The fourth-order valence-electron chi connectivity index (χ4n) is 2.76. The molecular weight excluding hydrogens is 316 g/mol. The number of benzene rings is 1. The molecule has 3 rings (SSSR count). The number of aromatic nitrogens is 2. The summed E-state index contributed by atoms with van der Waals surface area (Å²) in [6, 6.07) is 11.3. The lowest BCUT2D eigenvalue weighted by Crippen LogP contribution is -2.33. The summed E-state index contributed by atoms with van der Waals surface area (Å²) in [4.78, 5) is 14.2. The highest BCUT2D eigenvalue weighted by atomic mass is 16.5. The summed E-state index contributed by atoms with van der Waals surface area (Å²) in [6.45, 7) is 6.23. The Balaban J connectivity index is 1.49. The summed E-state index contributed by atoms with van der Waals surface area (Å²) in [5.74, 6) is 2.49. The van der Waals surface area contributed by atoms with Crippen molar-refractivity contribution in [3.63, 3.8) is 0 Å². The van der Waals surface area contributed by atoms with Gasteiger partial charge < -0.3 is 15.0 Å². The first-order valence-corrected chi connectivity index (χ1v) is 8.68. The fourth-order valence-corrected chi connectivity index (χ4v) is 2.76. The number of carbonyl (C=O) groups excluding carboxylic acids is 1. The molecule has 1 saturated heterocycles. The number of ether oxygens (including phenoxy) is 1. The Kier molecular flexibility index (Phi) is 5.48. The quantitative estimate of drug-likeness (QED) is 0.906. The molecule has 0 saturated carbocycles. The number of nitrogens with one attached hydrogen (secondary N) is 1. The second-order valence-corrected chi connectivity index (χ2v) is 6.60. The van der Waals surface area contributed by atoms with E-state index in [1.165, 1.54) is 12.8 Å². The Bertz CT molecular complexity index is 692. The van der Waals surface area contributed by atoms with E-state index in [1.54, 1.807) is 6.07 Å². The van der Waals surface area contributed by atoms with E-state index < -0.39 is 0 Å². The highest BCUT2D eigenvalue weighted by Crippen LogP contribution is 2.21. The van der Waals surface area contributed by atoms with Crippen LogP contribution in [0.2, 0.25) is 0 Å². The molecule has 1 aliphatic heterocycles. The van der Waals surface area contributed by atoms with Crippen molar-refractivity contribution in [2.75, 3.05) is 29.9 Å². The van der Waals surface area contributed by atoms with Crippen molar-refractivity contribution in [2.24, 2.45) is 5.92 Å². The van der Waals surface area contributed by atoms with Crippen LogP contribution in [0, 0.1) is 12.8 Å². The number of rotatable bonds is 5. The Morgan fingerprint density at radius 2 is 1.88 bits per heavy atom. The number of carbonyl (C=O) groups is 1. The van der Waals surface area contributed by atoms with Gasteiger partial charge in [-0.3, -0.25) is 4.79 Å². The van der Waals surface area contributed by atoms with Gasteiger partial charge in [0, 0.05) is 13.1 Å². The van der Waals surface area contributed by atoms with Crippen molar-refractivity contribution in [3.8, 4) is 5.75 Å². The molecule has 0 bridgehead atoms. The van der Waals surface area contributed by atoms with Crippen molar-refractivity contribution in [2.45, 2.75) is 26.7 Å². The average molecular weight is 340 g/mol. The van der Waals surface area contributed by atoms with E-state index in [4.69, 9.17) is 4.74 Å². The summed E-state index contributed by atoms with van der Waals surface area (Å²) in [6.07, 6.45) is 2.35. The van der Waals surface area contributed by atoms with E-state index in [1.807, 2.05) is 37.3 Å². The maximum Gasteiger partial charge on any atom is 0.263 e. The molecule has 2 heterocycles. The molecule has 0 unspecified atom stereocenters. The number of hydrogen-bond acceptors (Lipinski definition) is 5. The number of piperidine rings is 1.